The molecule has 0 aliphatic carbocycles. The van der Waals surface area contributed by atoms with Crippen LogP contribution in [0.15, 0.2) is 24.3 Å². The Morgan fingerprint density at radius 3 is 2.12 bits per heavy atom. The monoisotopic (exact) mass is 234 g/mol. The van der Waals surface area contributed by atoms with Crippen LogP contribution in [0.1, 0.15) is 22.8 Å². The van der Waals surface area contributed by atoms with E-state index < -0.39 is 18.8 Å². The first-order valence-electron chi connectivity index (χ1n) is 4.59. The molecular formula is C11H10F4O. The van der Waals surface area contributed by atoms with E-state index in [0.29, 0.717) is 5.56 Å². The van der Waals surface area contributed by atoms with Crippen LogP contribution in [0.5, 0.6) is 0 Å². The van der Waals surface area contributed by atoms with E-state index in [9.17, 15) is 22.4 Å². The maximum absolute atomic E-state index is 12.7. The fourth-order valence-electron chi connectivity index (χ4n) is 1.21. The van der Waals surface area contributed by atoms with E-state index in [1.54, 1.807) is 0 Å². The second-order valence-corrected chi connectivity index (χ2v) is 3.49. The summed E-state index contributed by atoms with van der Waals surface area (Å²) < 4.78 is 49.2. The molecule has 0 spiro atoms. The van der Waals surface area contributed by atoms with Gasteiger partial charge < -0.3 is 0 Å². The molecule has 0 atom stereocenters. The van der Waals surface area contributed by atoms with Crippen LogP contribution in [0, 0.1) is 0 Å². The van der Waals surface area contributed by atoms with Crippen LogP contribution in [0.2, 0.25) is 0 Å². The van der Waals surface area contributed by atoms with Crippen LogP contribution in [0.4, 0.5) is 17.6 Å². The third-order valence-electron chi connectivity index (χ3n) is 2.12. The Morgan fingerprint density at radius 1 is 1.25 bits per heavy atom. The highest BCUT2D eigenvalue weighted by Crippen LogP contribution is 2.27. The lowest BCUT2D eigenvalue weighted by molar-refractivity contribution is -0.127. The van der Waals surface area contributed by atoms with Crippen LogP contribution in [-0.2, 0) is 6.42 Å². The first kappa shape index (κ1) is 12.7. The van der Waals surface area contributed by atoms with Crippen molar-refractivity contribution in [1.82, 2.24) is 0 Å². The Kier molecular flexibility index (Phi) is 3.67. The quantitative estimate of drug-likeness (QED) is 0.576. The van der Waals surface area contributed by atoms with Gasteiger partial charge >= 0.3 is 12.3 Å². The van der Waals surface area contributed by atoms with Gasteiger partial charge in [0, 0.05) is 12.0 Å². The molecule has 0 heterocycles. The molecule has 0 radical (unpaired) electrons. The number of ketones is 1. The molecule has 1 nitrogen and oxygen atoms in total. The Bertz CT molecular complexity index is 370. The van der Waals surface area contributed by atoms with Crippen LogP contribution in [0.25, 0.3) is 0 Å². The lowest BCUT2D eigenvalue weighted by atomic mass is 10.0. The van der Waals surface area contributed by atoms with E-state index in [1.807, 2.05) is 0 Å². The molecule has 0 amide bonds. The van der Waals surface area contributed by atoms with E-state index in [1.165, 1.54) is 31.2 Å². The largest absolute Gasteiger partial charge is 0.311 e. The highest BCUT2D eigenvalue weighted by Gasteiger charge is 2.40. The van der Waals surface area contributed by atoms with Gasteiger partial charge in [0.1, 0.15) is 0 Å². The van der Waals surface area contributed by atoms with Crippen molar-refractivity contribution in [3.8, 4) is 0 Å². The van der Waals surface area contributed by atoms with E-state index in [0.717, 1.165) is 0 Å². The summed E-state index contributed by atoms with van der Waals surface area (Å²) in [6, 6.07) is 5.21. The molecule has 0 saturated heterocycles. The maximum Gasteiger partial charge on any atom is 0.311 e. The van der Waals surface area contributed by atoms with E-state index in [-0.39, 0.29) is 11.3 Å². The van der Waals surface area contributed by atoms with Crippen molar-refractivity contribution in [1.29, 1.82) is 0 Å². The van der Waals surface area contributed by atoms with E-state index in [2.05, 4.69) is 0 Å². The molecule has 0 N–H and O–H groups in total. The van der Waals surface area contributed by atoms with Gasteiger partial charge in [-0.25, -0.2) is 8.78 Å². The van der Waals surface area contributed by atoms with Gasteiger partial charge in [-0.15, -0.1) is 0 Å². The number of hydrogen-bond donors (Lipinski definition) is 0. The smallest absolute Gasteiger partial charge is 0.295 e. The second kappa shape index (κ2) is 4.63. The van der Waals surface area contributed by atoms with Crippen LogP contribution in [-0.4, -0.2) is 18.1 Å². The third-order valence-corrected chi connectivity index (χ3v) is 2.12. The third kappa shape index (κ3) is 3.05. The molecule has 0 aromatic heterocycles. The van der Waals surface area contributed by atoms with Crippen LogP contribution < -0.4 is 0 Å². The fourth-order valence-corrected chi connectivity index (χ4v) is 1.21. The lowest BCUT2D eigenvalue weighted by Gasteiger charge is -2.14. The number of alkyl halides is 4. The number of carbonyl (C=O) groups is 1. The average molecular weight is 234 g/mol. The van der Waals surface area contributed by atoms with Crippen molar-refractivity contribution < 1.29 is 22.4 Å². The number of benzene rings is 1. The molecule has 0 aliphatic rings. The first-order valence-corrected chi connectivity index (χ1v) is 4.59. The fraction of sp³-hybridized carbons (Fsp3) is 0.364. The average Bonchev–Trinajstić information content (AvgIpc) is 2.17. The van der Waals surface area contributed by atoms with Crippen molar-refractivity contribution in [3.63, 3.8) is 0 Å². The second-order valence-electron chi connectivity index (χ2n) is 3.49. The molecule has 0 unspecified atom stereocenters. The zero-order valence-electron chi connectivity index (χ0n) is 8.51. The molecule has 5 heteroatoms. The topological polar surface area (TPSA) is 17.1 Å². The van der Waals surface area contributed by atoms with Gasteiger partial charge in [0.25, 0.3) is 0 Å². The minimum atomic E-state index is -4.03. The van der Waals surface area contributed by atoms with Crippen molar-refractivity contribution >= 4 is 5.78 Å². The van der Waals surface area contributed by atoms with Crippen LogP contribution >= 0.6 is 0 Å². The summed E-state index contributed by atoms with van der Waals surface area (Å²) in [5, 5.41) is 0. The van der Waals surface area contributed by atoms with E-state index in [4.69, 9.17) is 0 Å². The molecule has 0 aliphatic heterocycles. The van der Waals surface area contributed by atoms with Crippen LogP contribution in [0.3, 0.4) is 0 Å². The summed E-state index contributed by atoms with van der Waals surface area (Å²) in [7, 11) is 0. The number of hydrogen-bond acceptors (Lipinski definition) is 1. The predicted octanol–water partition coefficient (Wildman–Crippen LogP) is 3.33. The maximum atomic E-state index is 12.7. The summed E-state index contributed by atoms with van der Waals surface area (Å²) in [6.45, 7) is 1.34. The molecule has 0 bridgehead atoms. The molecule has 16 heavy (non-hydrogen) atoms. The molecule has 1 rings (SSSR count). The SMILES string of the molecule is CC(=O)c1ccc(CC(F)(F)C(F)F)cc1. The Balaban J connectivity index is 2.80. The van der Waals surface area contributed by atoms with E-state index >= 15 is 0 Å². The zero-order chi connectivity index (χ0) is 12.3. The standard InChI is InChI=1S/C11H10F4O/c1-7(16)9-4-2-8(3-5-9)6-11(14,15)10(12)13/h2-5,10H,6H2,1H3. The number of rotatable bonds is 4. The van der Waals surface area contributed by atoms with Crippen molar-refractivity contribution in [2.75, 3.05) is 0 Å². The van der Waals surface area contributed by atoms with Gasteiger partial charge in [0.2, 0.25) is 0 Å². The Morgan fingerprint density at radius 2 is 1.75 bits per heavy atom. The molecule has 0 fully saturated rings. The van der Waals surface area contributed by atoms with Crippen molar-refractivity contribution in [3.05, 3.63) is 35.4 Å². The lowest BCUT2D eigenvalue weighted by Crippen LogP contribution is -2.29. The molecule has 88 valence electrons. The van der Waals surface area contributed by atoms with Crippen molar-refractivity contribution in [2.24, 2.45) is 0 Å². The van der Waals surface area contributed by atoms with Gasteiger partial charge in [0.15, 0.2) is 5.78 Å². The summed E-state index contributed by atoms with van der Waals surface area (Å²) >= 11 is 0. The molecule has 1 aromatic rings. The summed E-state index contributed by atoms with van der Waals surface area (Å²) in [5.74, 6) is -4.23. The summed E-state index contributed by atoms with van der Waals surface area (Å²) in [4.78, 5) is 10.9. The molecular weight excluding hydrogens is 224 g/mol. The van der Waals surface area contributed by atoms with Gasteiger partial charge in [-0.2, -0.15) is 8.78 Å². The van der Waals surface area contributed by atoms with Gasteiger partial charge in [-0.1, -0.05) is 24.3 Å². The Labute approximate surface area is 90.1 Å². The number of carbonyl (C=O) groups excluding carboxylic acids is 1. The van der Waals surface area contributed by atoms with Crippen molar-refractivity contribution in [2.45, 2.75) is 25.7 Å². The van der Waals surface area contributed by atoms with Gasteiger partial charge in [0.05, 0.1) is 0 Å². The minimum absolute atomic E-state index is 0.0790. The van der Waals surface area contributed by atoms with Gasteiger partial charge in [-0.05, 0) is 12.5 Å². The normalized spacial score (nSPS) is 11.9. The highest BCUT2D eigenvalue weighted by molar-refractivity contribution is 5.93. The zero-order valence-corrected chi connectivity index (χ0v) is 8.51. The highest BCUT2D eigenvalue weighted by atomic mass is 19.3. The number of Topliss-reactive ketones (excluding diaryl/α,β-unsaturated/α-hetero) is 1. The predicted molar refractivity (Wildman–Crippen MR) is 51.1 cm³/mol. The Hall–Kier alpha value is -1.39. The number of halogens is 4. The minimum Gasteiger partial charge on any atom is -0.295 e. The molecule has 0 saturated carbocycles. The first-order chi connectivity index (χ1) is 7.33. The molecule has 1 aromatic carbocycles. The summed E-state index contributed by atoms with van der Waals surface area (Å²) in [5.41, 5.74) is 0.444. The summed E-state index contributed by atoms with van der Waals surface area (Å²) in [6.07, 6.45) is -4.71. The van der Waals surface area contributed by atoms with Gasteiger partial charge in [-0.3, -0.25) is 4.79 Å².